The van der Waals surface area contributed by atoms with E-state index in [1.54, 1.807) is 21.3 Å². The predicted molar refractivity (Wildman–Crippen MR) is 100 cm³/mol. The number of benzene rings is 2. The zero-order chi connectivity index (χ0) is 17.8. The summed E-state index contributed by atoms with van der Waals surface area (Å²) in [5.74, 6) is 2.11. The van der Waals surface area contributed by atoms with Gasteiger partial charge in [-0.25, -0.2) is 4.57 Å². The number of ether oxygens (including phenoxy) is 3. The van der Waals surface area contributed by atoms with Crippen LogP contribution >= 0.6 is 0 Å². The van der Waals surface area contributed by atoms with E-state index in [0.29, 0.717) is 17.2 Å². The second-order valence-corrected chi connectivity index (χ2v) is 5.72. The Hall–Kier alpha value is -3.01. The Kier molecular flexibility index (Phi) is 4.89. The normalized spacial score (nSPS) is 11.0. The van der Waals surface area contributed by atoms with Crippen LogP contribution in [-0.2, 0) is 7.05 Å². The quantitative estimate of drug-likeness (QED) is 0.663. The summed E-state index contributed by atoms with van der Waals surface area (Å²) in [5, 5.41) is 2.41. The molecule has 0 saturated heterocycles. The second kappa shape index (κ2) is 7.26. The third-order valence-corrected chi connectivity index (χ3v) is 4.21. The topological polar surface area (TPSA) is 31.6 Å². The highest BCUT2D eigenvalue weighted by atomic mass is 16.5. The van der Waals surface area contributed by atoms with Crippen molar-refractivity contribution in [2.24, 2.45) is 7.05 Å². The second-order valence-electron chi connectivity index (χ2n) is 5.72. The van der Waals surface area contributed by atoms with Crippen molar-refractivity contribution in [3.63, 3.8) is 0 Å². The van der Waals surface area contributed by atoms with Crippen molar-refractivity contribution in [1.29, 1.82) is 0 Å². The lowest BCUT2D eigenvalue weighted by atomic mass is 10.1. The van der Waals surface area contributed by atoms with E-state index in [9.17, 15) is 0 Å². The number of methoxy groups -OCH3 is 3. The van der Waals surface area contributed by atoms with Crippen LogP contribution in [0, 0.1) is 0 Å². The van der Waals surface area contributed by atoms with Crippen LogP contribution in [0.4, 0.5) is 0 Å². The van der Waals surface area contributed by atoms with Crippen LogP contribution in [0.5, 0.6) is 17.2 Å². The molecule has 0 radical (unpaired) electrons. The van der Waals surface area contributed by atoms with Gasteiger partial charge in [-0.05, 0) is 17.5 Å². The third kappa shape index (κ3) is 3.43. The van der Waals surface area contributed by atoms with Crippen LogP contribution in [0.25, 0.3) is 22.9 Å². The Morgan fingerprint density at radius 3 is 2.04 bits per heavy atom. The van der Waals surface area contributed by atoms with Crippen LogP contribution in [-0.4, -0.2) is 21.3 Å². The lowest BCUT2D eigenvalue weighted by Crippen LogP contribution is -2.31. The maximum absolute atomic E-state index is 5.50. The molecular weight excluding hydrogens is 314 g/mol. The average Bonchev–Trinajstić information content (AvgIpc) is 2.65. The van der Waals surface area contributed by atoms with Crippen molar-refractivity contribution < 1.29 is 18.8 Å². The maximum atomic E-state index is 5.50. The van der Waals surface area contributed by atoms with Gasteiger partial charge in [0.15, 0.2) is 6.20 Å². The number of rotatable bonds is 5. The molecule has 4 nitrogen and oxygen atoms in total. The number of nitrogens with zero attached hydrogens (tertiary/aromatic N) is 1. The summed E-state index contributed by atoms with van der Waals surface area (Å²) in [6, 6.07) is 14.2. The van der Waals surface area contributed by atoms with E-state index in [-0.39, 0.29) is 0 Å². The van der Waals surface area contributed by atoms with E-state index in [2.05, 4.69) is 35.0 Å². The van der Waals surface area contributed by atoms with Crippen LogP contribution in [0.15, 0.2) is 48.7 Å². The standard InChI is InChI=1S/C21H22NO3/c1-22-14-16-8-6-5-7-15(16)11-17(22)9-10-19-20(24-3)12-18(23-2)13-21(19)25-4/h5-14H,1-4H3/q+1/b10-9-. The summed E-state index contributed by atoms with van der Waals surface area (Å²) in [4.78, 5) is 0. The van der Waals surface area contributed by atoms with Crippen LogP contribution in [0.3, 0.4) is 0 Å². The zero-order valence-electron chi connectivity index (χ0n) is 14.9. The lowest BCUT2D eigenvalue weighted by Gasteiger charge is -2.12. The molecule has 1 aromatic heterocycles. The van der Waals surface area contributed by atoms with Crippen molar-refractivity contribution in [3.8, 4) is 17.2 Å². The van der Waals surface area contributed by atoms with Gasteiger partial charge in [0.25, 0.3) is 0 Å². The molecule has 128 valence electrons. The summed E-state index contributed by atoms with van der Waals surface area (Å²) in [5.41, 5.74) is 1.96. The lowest BCUT2D eigenvalue weighted by molar-refractivity contribution is -0.671. The van der Waals surface area contributed by atoms with E-state index < -0.39 is 0 Å². The van der Waals surface area contributed by atoms with Gasteiger partial charge in [0.05, 0.1) is 26.9 Å². The molecule has 3 rings (SSSR count). The fraction of sp³-hybridized carbons (Fsp3) is 0.190. The Labute approximate surface area is 147 Å². The zero-order valence-corrected chi connectivity index (χ0v) is 14.9. The highest BCUT2D eigenvalue weighted by Gasteiger charge is 2.12. The van der Waals surface area contributed by atoms with Crippen molar-refractivity contribution in [3.05, 3.63) is 59.9 Å². The van der Waals surface area contributed by atoms with Crippen LogP contribution in [0.1, 0.15) is 11.3 Å². The first-order valence-electron chi connectivity index (χ1n) is 8.02. The highest BCUT2D eigenvalue weighted by molar-refractivity contribution is 5.83. The summed E-state index contributed by atoms with van der Waals surface area (Å²) in [6.45, 7) is 0. The third-order valence-electron chi connectivity index (χ3n) is 4.21. The molecule has 0 N–H and O–H groups in total. The monoisotopic (exact) mass is 336 g/mol. The van der Waals surface area contributed by atoms with Gasteiger partial charge in [-0.2, -0.15) is 0 Å². The van der Waals surface area contributed by atoms with Crippen LogP contribution < -0.4 is 18.8 Å². The molecule has 0 aliphatic rings. The molecule has 0 unspecified atom stereocenters. The van der Waals surface area contributed by atoms with Gasteiger partial charge in [0.2, 0.25) is 5.69 Å². The van der Waals surface area contributed by atoms with Gasteiger partial charge in [0.1, 0.15) is 24.3 Å². The first-order valence-corrected chi connectivity index (χ1v) is 8.02. The molecule has 4 heteroatoms. The number of aromatic nitrogens is 1. The average molecular weight is 336 g/mol. The number of hydrogen-bond donors (Lipinski definition) is 0. The minimum atomic E-state index is 0.696. The van der Waals surface area contributed by atoms with Crippen LogP contribution in [0.2, 0.25) is 0 Å². The molecule has 3 aromatic rings. The Morgan fingerprint density at radius 1 is 0.800 bits per heavy atom. The molecule has 2 aromatic carbocycles. The van der Waals surface area contributed by atoms with Gasteiger partial charge in [-0.15, -0.1) is 0 Å². The van der Waals surface area contributed by atoms with Gasteiger partial charge < -0.3 is 14.2 Å². The van der Waals surface area contributed by atoms with E-state index in [1.165, 1.54) is 10.8 Å². The van der Waals surface area contributed by atoms with Crippen molar-refractivity contribution in [2.75, 3.05) is 21.3 Å². The van der Waals surface area contributed by atoms with E-state index in [1.807, 2.05) is 37.4 Å². The summed E-state index contributed by atoms with van der Waals surface area (Å²) < 4.78 is 18.4. The maximum Gasteiger partial charge on any atom is 0.205 e. The van der Waals surface area contributed by atoms with E-state index in [0.717, 1.165) is 11.3 Å². The molecule has 0 atom stereocenters. The molecule has 0 bridgehead atoms. The van der Waals surface area contributed by atoms with Gasteiger partial charge in [-0.3, -0.25) is 0 Å². The van der Waals surface area contributed by atoms with Crippen molar-refractivity contribution >= 4 is 22.9 Å². The van der Waals surface area contributed by atoms with Crippen molar-refractivity contribution in [2.45, 2.75) is 0 Å². The molecular formula is C21H22NO3+. The SMILES string of the molecule is COc1cc(OC)c(/C=C\c2cc3ccccc3c[n+]2C)c(OC)c1. The minimum absolute atomic E-state index is 0.696. The first-order chi connectivity index (χ1) is 12.2. The molecule has 0 fully saturated rings. The molecule has 0 spiro atoms. The predicted octanol–water partition coefficient (Wildman–Crippen LogP) is 3.86. The summed E-state index contributed by atoms with van der Waals surface area (Å²) >= 11 is 0. The molecule has 0 aliphatic carbocycles. The molecule has 1 heterocycles. The van der Waals surface area contributed by atoms with Crippen molar-refractivity contribution in [1.82, 2.24) is 0 Å². The molecule has 0 amide bonds. The first kappa shape index (κ1) is 16.8. The minimum Gasteiger partial charge on any atom is -0.496 e. The Morgan fingerprint density at radius 2 is 1.44 bits per heavy atom. The summed E-state index contributed by atoms with van der Waals surface area (Å²) in [6.07, 6.45) is 6.18. The smallest absolute Gasteiger partial charge is 0.205 e. The number of hydrogen-bond acceptors (Lipinski definition) is 3. The number of pyridine rings is 1. The number of aryl methyl sites for hydroxylation is 1. The van der Waals surface area contributed by atoms with E-state index >= 15 is 0 Å². The summed E-state index contributed by atoms with van der Waals surface area (Å²) in [7, 11) is 6.94. The van der Waals surface area contributed by atoms with Gasteiger partial charge >= 0.3 is 0 Å². The molecule has 25 heavy (non-hydrogen) atoms. The molecule has 0 aliphatic heterocycles. The van der Waals surface area contributed by atoms with Gasteiger partial charge in [0, 0.05) is 29.7 Å². The number of fused-ring (bicyclic) bond motifs is 1. The highest BCUT2D eigenvalue weighted by Crippen LogP contribution is 2.35. The largest absolute Gasteiger partial charge is 0.496 e. The fourth-order valence-corrected chi connectivity index (χ4v) is 2.84. The fourth-order valence-electron chi connectivity index (χ4n) is 2.84. The Balaban J connectivity index is 2.06. The molecule has 0 saturated carbocycles. The Bertz CT molecular complexity index is 907. The van der Waals surface area contributed by atoms with E-state index in [4.69, 9.17) is 14.2 Å². The van der Waals surface area contributed by atoms with Gasteiger partial charge in [-0.1, -0.05) is 18.2 Å².